The molecule has 0 spiro atoms. The first-order valence-electron chi connectivity index (χ1n) is 11.3. The Morgan fingerprint density at radius 1 is 0.926 bits per heavy atom. The quantitative estimate of drug-likeness (QED) is 0.207. The second kappa shape index (κ2) is 13.7. The zero-order valence-electron chi connectivity index (χ0n) is 18.6. The van der Waals surface area contributed by atoms with Crippen LogP contribution in [0.1, 0.15) is 84.0 Å². The average molecular weight is 425 g/mol. The third-order valence-electron chi connectivity index (χ3n) is 5.61. The molecule has 6 heteroatoms. The van der Waals surface area contributed by atoms with Gasteiger partial charge in [0.05, 0.1) is 0 Å². The van der Waals surface area contributed by atoms with E-state index in [0.717, 1.165) is 24.9 Å². The van der Waals surface area contributed by atoms with E-state index in [1.165, 1.54) is 71.3 Å². The summed E-state index contributed by atoms with van der Waals surface area (Å²) < 4.78 is 29.2. The van der Waals surface area contributed by atoms with Crippen molar-refractivity contribution in [1.82, 2.24) is 0 Å². The van der Waals surface area contributed by atoms with Crippen molar-refractivity contribution >= 4 is 15.1 Å². The molecule has 1 atom stereocenters. The number of hydrogen-bond donors (Lipinski definition) is 0. The first-order valence-corrected chi connectivity index (χ1v) is 16.4. The fourth-order valence-corrected chi connectivity index (χ4v) is 5.72. The van der Waals surface area contributed by atoms with Gasteiger partial charge in [0.25, 0.3) is 0 Å². The molecular formula is C21H46O4P2. The Morgan fingerprint density at radius 3 is 2.07 bits per heavy atom. The van der Waals surface area contributed by atoms with E-state index < -0.39 is 15.1 Å². The zero-order chi connectivity index (χ0) is 20.2. The summed E-state index contributed by atoms with van der Waals surface area (Å²) in [5, 5.41) is 0. The summed E-state index contributed by atoms with van der Waals surface area (Å²) in [4.78, 5) is 0. The Hall–Kier alpha value is 0.540. The standard InChI is InChI=1S/C21H46O4P2/c1-6-7-8-9-10-11-12-13-20-14-16-21(17-15-20)25-27(22,23-2)24-18-19-26(3,4)5/h20-21,26H,6-19H2,1-5H3/t20-,21-,27?. The van der Waals surface area contributed by atoms with Gasteiger partial charge in [-0.15, -0.1) is 0 Å². The van der Waals surface area contributed by atoms with Crippen molar-refractivity contribution in [2.24, 2.45) is 5.92 Å². The number of rotatable bonds is 15. The van der Waals surface area contributed by atoms with Gasteiger partial charge in [-0.25, -0.2) is 0 Å². The topological polar surface area (TPSA) is 44.8 Å². The van der Waals surface area contributed by atoms with Gasteiger partial charge in [0, 0.05) is 0 Å². The summed E-state index contributed by atoms with van der Waals surface area (Å²) in [5.74, 6) is 0.815. The molecule has 1 rings (SSSR count). The number of phosphoric ester groups is 1. The number of unbranched alkanes of at least 4 members (excludes halogenated alkanes) is 6. The molecule has 0 heterocycles. The summed E-state index contributed by atoms with van der Waals surface area (Å²) >= 11 is 0. The first kappa shape index (κ1) is 25.6. The second-order valence-corrected chi connectivity index (χ2v) is 16.8. The number of hydrogen-bond acceptors (Lipinski definition) is 4. The van der Waals surface area contributed by atoms with Crippen LogP contribution < -0.4 is 0 Å². The van der Waals surface area contributed by atoms with E-state index in [1.54, 1.807) is 0 Å². The molecule has 164 valence electrons. The Balaban J connectivity index is 2.18. The van der Waals surface area contributed by atoms with Gasteiger partial charge in [-0.1, -0.05) is 39.0 Å². The Kier molecular flexibility index (Phi) is 13.0. The Morgan fingerprint density at radius 2 is 1.52 bits per heavy atom. The van der Waals surface area contributed by atoms with E-state index in [-0.39, 0.29) is 6.10 Å². The van der Waals surface area contributed by atoms with Crippen LogP contribution in [0.15, 0.2) is 0 Å². The average Bonchev–Trinajstić information content (AvgIpc) is 2.61. The summed E-state index contributed by atoms with van der Waals surface area (Å²) in [6.45, 7) is 9.57. The summed E-state index contributed by atoms with van der Waals surface area (Å²) in [6.07, 6.45) is 16.3. The van der Waals surface area contributed by atoms with Crippen LogP contribution in [0.2, 0.25) is 0 Å². The van der Waals surface area contributed by atoms with Crippen molar-refractivity contribution in [2.45, 2.75) is 90.1 Å². The van der Waals surface area contributed by atoms with Gasteiger partial charge in [0.2, 0.25) is 0 Å². The van der Waals surface area contributed by atoms with Crippen molar-refractivity contribution in [3.63, 3.8) is 0 Å². The molecule has 0 N–H and O–H groups in total. The molecule has 0 radical (unpaired) electrons. The zero-order valence-corrected chi connectivity index (χ0v) is 20.5. The fraction of sp³-hybridized carbons (Fsp3) is 1.00. The van der Waals surface area contributed by atoms with Gasteiger partial charge in [-0.05, 0) is 0 Å². The fourth-order valence-electron chi connectivity index (χ4n) is 3.69. The monoisotopic (exact) mass is 424 g/mol. The molecule has 0 aromatic carbocycles. The van der Waals surface area contributed by atoms with Gasteiger partial charge in [0.15, 0.2) is 0 Å². The van der Waals surface area contributed by atoms with Crippen LogP contribution in [0.25, 0.3) is 0 Å². The van der Waals surface area contributed by atoms with E-state index in [2.05, 4.69) is 26.9 Å². The van der Waals surface area contributed by atoms with E-state index in [4.69, 9.17) is 13.6 Å². The molecule has 0 bridgehead atoms. The Labute approximate surface area is 169 Å². The molecular weight excluding hydrogens is 378 g/mol. The van der Waals surface area contributed by atoms with E-state index in [0.29, 0.717) is 6.61 Å². The van der Waals surface area contributed by atoms with Crippen LogP contribution in [0, 0.1) is 5.92 Å². The van der Waals surface area contributed by atoms with Crippen LogP contribution in [-0.4, -0.2) is 46.0 Å². The second-order valence-electron chi connectivity index (χ2n) is 9.43. The maximum absolute atomic E-state index is 12.7. The van der Waals surface area contributed by atoms with Crippen LogP contribution in [-0.2, 0) is 18.1 Å². The van der Waals surface area contributed by atoms with Gasteiger partial charge in [-0.3, -0.25) is 0 Å². The molecule has 1 aliphatic rings. The van der Waals surface area contributed by atoms with Gasteiger partial charge in [-0.2, -0.15) is 0 Å². The SMILES string of the molecule is CCCCCCCCC[C@H]1CC[C@H](OP(=O)(OC)OCC[PH](C)(C)C)CC1. The molecule has 1 aliphatic carbocycles. The maximum atomic E-state index is 12.7. The third kappa shape index (κ3) is 12.7. The van der Waals surface area contributed by atoms with Gasteiger partial charge in [0.1, 0.15) is 0 Å². The van der Waals surface area contributed by atoms with E-state index >= 15 is 0 Å². The predicted molar refractivity (Wildman–Crippen MR) is 121 cm³/mol. The van der Waals surface area contributed by atoms with Crippen molar-refractivity contribution in [3.05, 3.63) is 0 Å². The molecule has 1 saturated carbocycles. The van der Waals surface area contributed by atoms with E-state index in [9.17, 15) is 4.57 Å². The minimum atomic E-state index is -3.39. The summed E-state index contributed by atoms with van der Waals surface area (Å²) in [5.41, 5.74) is 0. The van der Waals surface area contributed by atoms with Crippen LogP contribution in [0.4, 0.5) is 0 Å². The summed E-state index contributed by atoms with van der Waals surface area (Å²) in [7, 11) is -3.17. The molecule has 1 unspecified atom stereocenters. The molecule has 0 aromatic rings. The number of phosphoric acid groups is 1. The summed E-state index contributed by atoms with van der Waals surface area (Å²) in [6, 6.07) is 0. The molecule has 0 saturated heterocycles. The van der Waals surface area contributed by atoms with Gasteiger partial charge >= 0.3 is 130 Å². The minimum absolute atomic E-state index is 0.0213. The van der Waals surface area contributed by atoms with Crippen LogP contribution >= 0.6 is 15.1 Å². The molecule has 0 amide bonds. The van der Waals surface area contributed by atoms with Crippen molar-refractivity contribution in [2.75, 3.05) is 39.9 Å². The molecule has 1 fully saturated rings. The van der Waals surface area contributed by atoms with Crippen LogP contribution in [0.5, 0.6) is 0 Å². The molecule has 4 nitrogen and oxygen atoms in total. The first-order chi connectivity index (χ1) is 12.8. The van der Waals surface area contributed by atoms with E-state index in [1.807, 2.05) is 0 Å². The Bertz CT molecular complexity index is 415. The molecule has 0 aliphatic heterocycles. The molecule has 27 heavy (non-hydrogen) atoms. The van der Waals surface area contributed by atoms with Gasteiger partial charge < -0.3 is 0 Å². The normalized spacial score (nSPS) is 23.9. The third-order valence-corrected chi connectivity index (χ3v) is 8.82. The van der Waals surface area contributed by atoms with Crippen LogP contribution in [0.3, 0.4) is 0 Å². The molecule has 0 aromatic heterocycles. The van der Waals surface area contributed by atoms with Crippen molar-refractivity contribution < 1.29 is 18.1 Å². The van der Waals surface area contributed by atoms with Crippen molar-refractivity contribution in [1.29, 1.82) is 0 Å². The predicted octanol–water partition coefficient (Wildman–Crippen LogP) is 7.11. The van der Waals surface area contributed by atoms with Crippen molar-refractivity contribution in [3.8, 4) is 0 Å².